The van der Waals surface area contributed by atoms with Gasteiger partial charge in [-0.25, -0.2) is 0 Å². The van der Waals surface area contributed by atoms with Crippen LogP contribution in [0.4, 0.5) is 0 Å². The number of carboxylic acid groups (broad SMARTS) is 1. The summed E-state index contributed by atoms with van der Waals surface area (Å²) in [4.78, 5) is 37.2. The number of unbranched alkanes of at least 4 members (excludes halogenated alkanes) is 29. The van der Waals surface area contributed by atoms with E-state index in [1.165, 1.54) is 141 Å². The molecule has 0 aromatic heterocycles. The number of carbonyl (C=O) groups excluding carboxylic acids is 3. The third-order valence-corrected chi connectivity index (χ3v) is 11.9. The molecule has 0 aliphatic heterocycles. The Bertz CT molecular complexity index is 1160. The fourth-order valence-corrected chi connectivity index (χ4v) is 7.66. The van der Waals surface area contributed by atoms with Crippen molar-refractivity contribution in [2.45, 2.75) is 257 Å². The van der Waals surface area contributed by atoms with Crippen molar-refractivity contribution in [2.75, 3.05) is 47.5 Å². The van der Waals surface area contributed by atoms with Gasteiger partial charge in [0.05, 0.1) is 40.3 Å². The molecular formula is C56H103NO8. The van der Waals surface area contributed by atoms with Gasteiger partial charge in [-0.05, 0) is 51.4 Å². The number of quaternary nitrogens is 1. The summed E-state index contributed by atoms with van der Waals surface area (Å²) in [6.45, 7) is 4.75. The number of hydrogen-bond acceptors (Lipinski definition) is 8. The van der Waals surface area contributed by atoms with Gasteiger partial charge < -0.3 is 33.3 Å². The SMILES string of the molecule is CCCCCCC/C=C\C/C=C\C/C=C\CCCCCCCCC(=O)OC(COC(=O)CCCCCCCCCCCCCCCCCCCCC)COC(OCC[N+](C)(C)C)C(=O)[O-]. The zero-order valence-corrected chi connectivity index (χ0v) is 43.1. The number of allylic oxidation sites excluding steroid dienone is 6. The largest absolute Gasteiger partial charge is 0.545 e. The molecule has 0 aromatic rings. The first kappa shape index (κ1) is 62.5. The third-order valence-electron chi connectivity index (χ3n) is 11.9. The van der Waals surface area contributed by atoms with Crippen LogP contribution in [-0.2, 0) is 33.3 Å². The maximum atomic E-state index is 12.8. The minimum atomic E-state index is -1.62. The van der Waals surface area contributed by atoms with Crippen LogP contribution in [0.3, 0.4) is 0 Å². The predicted octanol–water partition coefficient (Wildman–Crippen LogP) is 14.0. The summed E-state index contributed by atoms with van der Waals surface area (Å²) in [5.41, 5.74) is 0. The number of likely N-dealkylation sites (N-methyl/N-ethyl adjacent to an activating group) is 1. The van der Waals surface area contributed by atoms with E-state index in [0.29, 0.717) is 23.9 Å². The van der Waals surface area contributed by atoms with E-state index < -0.39 is 24.3 Å². The quantitative estimate of drug-likeness (QED) is 0.0195. The summed E-state index contributed by atoms with van der Waals surface area (Å²) >= 11 is 0. The Hall–Kier alpha value is -2.49. The molecule has 2 unspecified atom stereocenters. The number of ether oxygens (including phenoxy) is 4. The van der Waals surface area contributed by atoms with Gasteiger partial charge in [-0.3, -0.25) is 9.59 Å². The number of rotatable bonds is 50. The molecule has 0 N–H and O–H groups in total. The van der Waals surface area contributed by atoms with Gasteiger partial charge in [-0.15, -0.1) is 0 Å². The smallest absolute Gasteiger partial charge is 0.306 e. The van der Waals surface area contributed by atoms with Crippen molar-refractivity contribution in [3.8, 4) is 0 Å². The van der Waals surface area contributed by atoms with E-state index >= 15 is 0 Å². The number of aliphatic carboxylic acids is 1. The number of esters is 2. The maximum Gasteiger partial charge on any atom is 0.306 e. The third kappa shape index (κ3) is 49.2. The Morgan fingerprint density at radius 1 is 0.462 bits per heavy atom. The Labute approximate surface area is 400 Å². The molecule has 0 aliphatic carbocycles. The standard InChI is InChI=1S/C56H103NO8/c1-6-8-10-12-14-16-18-20-22-24-26-27-29-31-33-35-37-39-41-43-45-47-54(59)65-52(51-64-56(55(60)61)62-49-48-57(3,4)5)50-63-53(58)46-44-42-40-38-36-34-32-30-28-25-23-21-19-17-15-13-11-9-7-2/h18,20,24,26,29,31,52,56H,6-17,19,21-23,25,27-28,30,32-51H2,1-5H3/b20-18-,26-24-,31-29-. The van der Waals surface area contributed by atoms with E-state index in [-0.39, 0.29) is 32.2 Å². The predicted molar refractivity (Wildman–Crippen MR) is 269 cm³/mol. The first-order chi connectivity index (χ1) is 31.6. The minimum absolute atomic E-state index is 0.146. The Kier molecular flexibility index (Phi) is 46.1. The Balaban J connectivity index is 4.32. The summed E-state index contributed by atoms with van der Waals surface area (Å²) in [5.74, 6) is -2.29. The van der Waals surface area contributed by atoms with Gasteiger partial charge in [0, 0.05) is 12.8 Å². The van der Waals surface area contributed by atoms with Gasteiger partial charge in [0.15, 0.2) is 12.4 Å². The van der Waals surface area contributed by atoms with Crippen LogP contribution in [0.1, 0.15) is 245 Å². The van der Waals surface area contributed by atoms with Crippen molar-refractivity contribution in [3.05, 3.63) is 36.5 Å². The highest BCUT2D eigenvalue weighted by Gasteiger charge is 2.22. The second-order valence-corrected chi connectivity index (χ2v) is 19.5. The van der Waals surface area contributed by atoms with Crippen LogP contribution in [-0.4, -0.2) is 82.3 Å². The maximum absolute atomic E-state index is 12.8. The van der Waals surface area contributed by atoms with Crippen LogP contribution in [0.15, 0.2) is 36.5 Å². The summed E-state index contributed by atoms with van der Waals surface area (Å²) in [6.07, 6.45) is 53.2. The van der Waals surface area contributed by atoms with Crippen LogP contribution in [0.5, 0.6) is 0 Å². The second-order valence-electron chi connectivity index (χ2n) is 19.5. The minimum Gasteiger partial charge on any atom is -0.545 e. The lowest BCUT2D eigenvalue weighted by Gasteiger charge is -2.26. The topological polar surface area (TPSA) is 111 Å². The molecule has 0 rings (SSSR count). The lowest BCUT2D eigenvalue weighted by molar-refractivity contribution is -0.870. The molecule has 65 heavy (non-hydrogen) atoms. The van der Waals surface area contributed by atoms with Crippen molar-refractivity contribution in [3.63, 3.8) is 0 Å². The zero-order chi connectivity index (χ0) is 47.7. The molecule has 9 nitrogen and oxygen atoms in total. The molecule has 0 amide bonds. The van der Waals surface area contributed by atoms with Crippen molar-refractivity contribution in [2.24, 2.45) is 0 Å². The molecule has 0 spiro atoms. The van der Waals surface area contributed by atoms with E-state index in [1.807, 2.05) is 21.1 Å². The molecule has 0 saturated heterocycles. The van der Waals surface area contributed by atoms with Crippen molar-refractivity contribution in [1.29, 1.82) is 0 Å². The molecule has 9 heteroatoms. The van der Waals surface area contributed by atoms with E-state index in [4.69, 9.17) is 18.9 Å². The lowest BCUT2D eigenvalue weighted by Crippen LogP contribution is -2.44. The van der Waals surface area contributed by atoms with Crippen LogP contribution in [0.2, 0.25) is 0 Å². The molecule has 0 aromatic carbocycles. The van der Waals surface area contributed by atoms with Gasteiger partial charge in [0.2, 0.25) is 0 Å². The van der Waals surface area contributed by atoms with Crippen LogP contribution in [0.25, 0.3) is 0 Å². The van der Waals surface area contributed by atoms with Crippen LogP contribution < -0.4 is 5.11 Å². The summed E-state index contributed by atoms with van der Waals surface area (Å²) in [5, 5.41) is 11.7. The van der Waals surface area contributed by atoms with Gasteiger partial charge >= 0.3 is 11.9 Å². The second kappa shape index (κ2) is 48.0. The van der Waals surface area contributed by atoms with Gasteiger partial charge in [0.1, 0.15) is 13.2 Å². The molecule has 0 fully saturated rings. The number of carbonyl (C=O) groups is 3. The first-order valence-electron chi connectivity index (χ1n) is 27.1. The molecule has 0 aliphatic rings. The number of carboxylic acids is 1. The molecular weight excluding hydrogens is 815 g/mol. The average Bonchev–Trinajstić information content (AvgIpc) is 3.27. The molecule has 0 saturated carbocycles. The normalized spacial score (nSPS) is 13.1. The highest BCUT2D eigenvalue weighted by molar-refractivity contribution is 5.70. The van der Waals surface area contributed by atoms with Gasteiger partial charge in [-0.1, -0.05) is 217 Å². The number of hydrogen-bond donors (Lipinski definition) is 0. The zero-order valence-electron chi connectivity index (χ0n) is 43.1. The van der Waals surface area contributed by atoms with E-state index in [1.54, 1.807) is 0 Å². The monoisotopic (exact) mass is 918 g/mol. The van der Waals surface area contributed by atoms with Crippen molar-refractivity contribution in [1.82, 2.24) is 0 Å². The van der Waals surface area contributed by atoms with Gasteiger partial charge in [0.25, 0.3) is 0 Å². The highest BCUT2D eigenvalue weighted by Crippen LogP contribution is 2.16. The fraction of sp³-hybridized carbons (Fsp3) is 0.839. The summed E-state index contributed by atoms with van der Waals surface area (Å²) in [7, 11) is 5.92. The fourth-order valence-electron chi connectivity index (χ4n) is 7.66. The molecule has 0 heterocycles. The average molecular weight is 918 g/mol. The van der Waals surface area contributed by atoms with Gasteiger partial charge in [-0.2, -0.15) is 0 Å². The first-order valence-corrected chi connectivity index (χ1v) is 27.1. The van der Waals surface area contributed by atoms with Crippen LogP contribution in [0, 0.1) is 0 Å². The van der Waals surface area contributed by atoms with E-state index in [9.17, 15) is 19.5 Å². The van der Waals surface area contributed by atoms with Crippen LogP contribution >= 0.6 is 0 Å². The van der Waals surface area contributed by atoms with E-state index in [2.05, 4.69) is 50.3 Å². The van der Waals surface area contributed by atoms with Crippen molar-refractivity contribution >= 4 is 17.9 Å². The molecule has 2 atom stereocenters. The lowest BCUT2D eigenvalue weighted by atomic mass is 10.0. The van der Waals surface area contributed by atoms with E-state index in [0.717, 1.165) is 70.6 Å². The Morgan fingerprint density at radius 3 is 1.23 bits per heavy atom. The molecule has 380 valence electrons. The summed E-state index contributed by atoms with van der Waals surface area (Å²) in [6, 6.07) is 0. The highest BCUT2D eigenvalue weighted by atomic mass is 16.7. The molecule has 0 radical (unpaired) electrons. The van der Waals surface area contributed by atoms with Crippen molar-refractivity contribution < 1.29 is 42.9 Å². The Morgan fingerprint density at radius 2 is 0.831 bits per heavy atom. The number of nitrogens with zero attached hydrogens (tertiary/aromatic N) is 1. The summed E-state index contributed by atoms with van der Waals surface area (Å²) < 4.78 is 22.7. The molecule has 0 bridgehead atoms.